The zero-order valence-corrected chi connectivity index (χ0v) is 12.4. The number of carbonyl (C=O) groups is 2. The molecule has 1 amide bonds. The topological polar surface area (TPSA) is 75.6 Å². The number of carboxylic acids is 1. The Bertz CT molecular complexity index is 527. The molecular formula is C17H21NO4. The molecule has 118 valence electrons. The van der Waals surface area contributed by atoms with Crippen LogP contribution in [-0.4, -0.2) is 23.2 Å². The minimum absolute atomic E-state index is 0.130. The highest BCUT2D eigenvalue weighted by atomic mass is 16.5. The fraction of sp³-hybridized carbons (Fsp3) is 0.412. The number of hydrogen-bond donors (Lipinski definition) is 2. The fourth-order valence-corrected chi connectivity index (χ4v) is 2.53. The molecule has 0 spiro atoms. The molecule has 0 saturated heterocycles. The maximum absolute atomic E-state index is 11.8. The third-order valence-electron chi connectivity index (χ3n) is 3.75. The van der Waals surface area contributed by atoms with Crippen molar-refractivity contribution < 1.29 is 19.4 Å². The second-order valence-corrected chi connectivity index (χ2v) is 5.48. The zero-order valence-electron chi connectivity index (χ0n) is 12.4. The molecule has 5 nitrogen and oxygen atoms in total. The monoisotopic (exact) mass is 303 g/mol. The third-order valence-corrected chi connectivity index (χ3v) is 3.75. The van der Waals surface area contributed by atoms with Crippen molar-refractivity contribution >= 4 is 12.1 Å². The van der Waals surface area contributed by atoms with Gasteiger partial charge in [-0.2, -0.15) is 0 Å². The van der Waals surface area contributed by atoms with E-state index in [0.29, 0.717) is 12.3 Å². The van der Waals surface area contributed by atoms with Gasteiger partial charge in [-0.05, 0) is 37.2 Å². The van der Waals surface area contributed by atoms with Crippen LogP contribution in [0, 0.1) is 5.92 Å². The first-order chi connectivity index (χ1) is 10.6. The number of nitrogens with one attached hydrogen (secondary N) is 1. The van der Waals surface area contributed by atoms with Gasteiger partial charge in [0.05, 0.1) is 0 Å². The van der Waals surface area contributed by atoms with Crippen molar-refractivity contribution in [1.29, 1.82) is 0 Å². The molecule has 0 bridgehead atoms. The molecule has 0 fully saturated rings. The maximum Gasteiger partial charge on any atom is 0.408 e. The van der Waals surface area contributed by atoms with Crippen LogP contribution in [-0.2, 0) is 16.1 Å². The van der Waals surface area contributed by atoms with E-state index in [1.807, 2.05) is 30.3 Å². The molecule has 0 aliphatic heterocycles. The average molecular weight is 303 g/mol. The molecule has 2 atom stereocenters. The third kappa shape index (κ3) is 5.24. The number of benzene rings is 1. The lowest BCUT2D eigenvalue weighted by atomic mass is 9.88. The van der Waals surface area contributed by atoms with Crippen molar-refractivity contribution in [3.63, 3.8) is 0 Å². The van der Waals surface area contributed by atoms with E-state index in [4.69, 9.17) is 4.74 Å². The summed E-state index contributed by atoms with van der Waals surface area (Å²) in [4.78, 5) is 23.1. The lowest BCUT2D eigenvalue weighted by Gasteiger charge is -2.22. The first kappa shape index (κ1) is 16.1. The number of amides is 1. The van der Waals surface area contributed by atoms with E-state index >= 15 is 0 Å². The van der Waals surface area contributed by atoms with Gasteiger partial charge in [0, 0.05) is 0 Å². The van der Waals surface area contributed by atoms with E-state index in [2.05, 4.69) is 17.5 Å². The predicted molar refractivity (Wildman–Crippen MR) is 82.3 cm³/mol. The fourth-order valence-electron chi connectivity index (χ4n) is 2.53. The van der Waals surface area contributed by atoms with Crippen LogP contribution in [0.5, 0.6) is 0 Å². The zero-order chi connectivity index (χ0) is 15.8. The van der Waals surface area contributed by atoms with Gasteiger partial charge in [0.1, 0.15) is 12.6 Å². The van der Waals surface area contributed by atoms with Crippen molar-refractivity contribution in [1.82, 2.24) is 5.32 Å². The van der Waals surface area contributed by atoms with E-state index in [9.17, 15) is 14.7 Å². The van der Waals surface area contributed by atoms with Gasteiger partial charge in [0.2, 0.25) is 0 Å². The van der Waals surface area contributed by atoms with Crippen LogP contribution in [0.2, 0.25) is 0 Å². The van der Waals surface area contributed by atoms with Gasteiger partial charge in [-0.25, -0.2) is 9.59 Å². The molecular weight excluding hydrogens is 282 g/mol. The summed E-state index contributed by atoms with van der Waals surface area (Å²) in [5.74, 6) is -0.730. The number of rotatable bonds is 6. The number of alkyl carbamates (subject to hydrolysis) is 1. The van der Waals surface area contributed by atoms with Crippen LogP contribution in [0.4, 0.5) is 4.79 Å². The molecule has 22 heavy (non-hydrogen) atoms. The number of hydrogen-bond acceptors (Lipinski definition) is 3. The Morgan fingerprint density at radius 2 is 2.05 bits per heavy atom. The maximum atomic E-state index is 11.8. The summed E-state index contributed by atoms with van der Waals surface area (Å²) < 4.78 is 5.07. The summed E-state index contributed by atoms with van der Waals surface area (Å²) in [6.07, 6.45) is 6.71. The van der Waals surface area contributed by atoms with Crippen LogP contribution in [0.3, 0.4) is 0 Å². The largest absolute Gasteiger partial charge is 0.480 e. The smallest absolute Gasteiger partial charge is 0.408 e. The number of carbonyl (C=O) groups excluding carboxylic acids is 1. The van der Waals surface area contributed by atoms with Crippen molar-refractivity contribution in [3.8, 4) is 0 Å². The number of allylic oxidation sites excluding steroid dienone is 2. The number of aliphatic carboxylic acids is 1. The van der Waals surface area contributed by atoms with Crippen molar-refractivity contribution in [3.05, 3.63) is 48.0 Å². The van der Waals surface area contributed by atoms with Crippen LogP contribution >= 0.6 is 0 Å². The van der Waals surface area contributed by atoms with Crippen LogP contribution < -0.4 is 5.32 Å². The highest BCUT2D eigenvalue weighted by Gasteiger charge is 2.25. The Morgan fingerprint density at radius 1 is 1.27 bits per heavy atom. The molecule has 5 heteroatoms. The Kier molecular flexibility index (Phi) is 6.01. The Morgan fingerprint density at radius 3 is 2.68 bits per heavy atom. The summed E-state index contributed by atoms with van der Waals surface area (Å²) in [5.41, 5.74) is 0.863. The molecule has 1 aliphatic rings. The molecule has 0 saturated carbocycles. The Hall–Kier alpha value is -2.30. The van der Waals surface area contributed by atoms with E-state index < -0.39 is 18.1 Å². The Balaban J connectivity index is 1.80. The van der Waals surface area contributed by atoms with Gasteiger partial charge in [-0.1, -0.05) is 42.5 Å². The quantitative estimate of drug-likeness (QED) is 0.792. The van der Waals surface area contributed by atoms with Gasteiger partial charge in [0.25, 0.3) is 0 Å². The second kappa shape index (κ2) is 8.22. The first-order valence-electron chi connectivity index (χ1n) is 7.50. The van der Waals surface area contributed by atoms with Gasteiger partial charge < -0.3 is 15.2 Å². The van der Waals surface area contributed by atoms with Gasteiger partial charge in [0.15, 0.2) is 0 Å². The number of carboxylic acid groups (broad SMARTS) is 1. The van der Waals surface area contributed by atoms with Crippen molar-refractivity contribution in [2.24, 2.45) is 5.92 Å². The molecule has 2 unspecified atom stereocenters. The summed E-state index contributed by atoms with van der Waals surface area (Å²) in [6.45, 7) is 0.130. The van der Waals surface area contributed by atoms with E-state index in [-0.39, 0.29) is 6.61 Å². The predicted octanol–water partition coefficient (Wildman–Crippen LogP) is 3.11. The van der Waals surface area contributed by atoms with Gasteiger partial charge in [-0.15, -0.1) is 0 Å². The molecule has 2 N–H and O–H groups in total. The highest BCUT2D eigenvalue weighted by Crippen LogP contribution is 2.23. The lowest BCUT2D eigenvalue weighted by Crippen LogP contribution is -2.42. The van der Waals surface area contributed by atoms with E-state index in [1.165, 1.54) is 0 Å². The minimum Gasteiger partial charge on any atom is -0.480 e. The van der Waals surface area contributed by atoms with Crippen LogP contribution in [0.15, 0.2) is 42.5 Å². The molecule has 0 heterocycles. The van der Waals surface area contributed by atoms with E-state index in [0.717, 1.165) is 24.8 Å². The molecule has 0 aromatic heterocycles. The molecule has 2 rings (SSSR count). The summed E-state index contributed by atoms with van der Waals surface area (Å²) in [6, 6.07) is 8.37. The summed E-state index contributed by atoms with van der Waals surface area (Å²) in [5, 5.41) is 11.7. The SMILES string of the molecule is O=C(NC(CC1CC=CCC1)C(=O)O)OCc1ccccc1. The minimum atomic E-state index is -1.02. The molecule has 1 aromatic carbocycles. The summed E-state index contributed by atoms with van der Waals surface area (Å²) >= 11 is 0. The number of ether oxygens (including phenoxy) is 1. The van der Waals surface area contributed by atoms with Gasteiger partial charge in [-0.3, -0.25) is 0 Å². The van der Waals surface area contributed by atoms with Gasteiger partial charge >= 0.3 is 12.1 Å². The van der Waals surface area contributed by atoms with Crippen molar-refractivity contribution in [2.45, 2.75) is 38.3 Å². The summed E-state index contributed by atoms with van der Waals surface area (Å²) in [7, 11) is 0. The molecule has 1 aromatic rings. The van der Waals surface area contributed by atoms with Crippen LogP contribution in [0.25, 0.3) is 0 Å². The first-order valence-corrected chi connectivity index (χ1v) is 7.50. The second-order valence-electron chi connectivity index (χ2n) is 5.48. The lowest BCUT2D eigenvalue weighted by molar-refractivity contribution is -0.139. The van der Waals surface area contributed by atoms with E-state index in [1.54, 1.807) is 0 Å². The van der Waals surface area contributed by atoms with Crippen molar-refractivity contribution in [2.75, 3.05) is 0 Å². The average Bonchev–Trinajstić information content (AvgIpc) is 2.54. The molecule has 0 radical (unpaired) electrons. The molecule has 1 aliphatic carbocycles. The highest BCUT2D eigenvalue weighted by molar-refractivity contribution is 5.79. The standard InChI is InChI=1S/C17H21NO4/c19-16(20)15(11-13-7-3-1-4-8-13)18-17(21)22-12-14-9-5-2-6-10-14/h1-3,5-6,9-10,13,15H,4,7-8,11-12H2,(H,18,21)(H,19,20). The normalized spacial score (nSPS) is 18.5. The van der Waals surface area contributed by atoms with Crippen LogP contribution in [0.1, 0.15) is 31.2 Å². The Labute approximate surface area is 130 Å².